The molecule has 0 aromatic heterocycles. The molecule has 0 N–H and O–H groups in total. The summed E-state index contributed by atoms with van der Waals surface area (Å²) in [5.41, 5.74) is -0.517. The average molecular weight is 226 g/mol. The van der Waals surface area contributed by atoms with Gasteiger partial charge in [0.25, 0.3) is 0 Å². The fourth-order valence-electron chi connectivity index (χ4n) is 2.16. The number of carbonyl (C=O) groups is 1. The van der Waals surface area contributed by atoms with E-state index in [0.717, 1.165) is 0 Å². The van der Waals surface area contributed by atoms with Crippen LogP contribution in [0, 0.1) is 21.7 Å². The number of ketones is 1. The summed E-state index contributed by atoms with van der Waals surface area (Å²) in [6.07, 6.45) is 0. The molecule has 0 unspecified atom stereocenters. The quantitative estimate of drug-likeness (QED) is 0.667. The topological polar surface area (TPSA) is 17.1 Å². The highest BCUT2D eigenvalue weighted by molar-refractivity contribution is 5.89. The Labute approximate surface area is 102 Å². The lowest BCUT2D eigenvalue weighted by atomic mass is 9.52. The Morgan fingerprint density at radius 3 is 1.19 bits per heavy atom. The van der Waals surface area contributed by atoms with E-state index in [0.29, 0.717) is 5.78 Å². The van der Waals surface area contributed by atoms with Gasteiger partial charge in [-0.05, 0) is 10.8 Å². The van der Waals surface area contributed by atoms with Crippen molar-refractivity contribution in [3.63, 3.8) is 0 Å². The van der Waals surface area contributed by atoms with Gasteiger partial charge in [-0.25, -0.2) is 0 Å². The Balaban J connectivity index is 5.46. The molecular formula is C15H30O. The van der Waals surface area contributed by atoms with Crippen LogP contribution in [0.25, 0.3) is 0 Å². The highest BCUT2D eigenvalue weighted by atomic mass is 16.1. The van der Waals surface area contributed by atoms with Crippen LogP contribution in [0.15, 0.2) is 0 Å². The van der Waals surface area contributed by atoms with Gasteiger partial charge in [-0.3, -0.25) is 4.79 Å². The molecule has 0 saturated heterocycles. The molecule has 0 bridgehead atoms. The Morgan fingerprint density at radius 2 is 1.00 bits per heavy atom. The van der Waals surface area contributed by atoms with E-state index in [9.17, 15) is 4.79 Å². The Morgan fingerprint density at radius 1 is 0.688 bits per heavy atom. The minimum atomic E-state index is -0.316. The van der Waals surface area contributed by atoms with Crippen LogP contribution in [0.1, 0.15) is 69.2 Å². The molecular weight excluding hydrogens is 196 g/mol. The van der Waals surface area contributed by atoms with E-state index in [-0.39, 0.29) is 21.7 Å². The molecule has 0 heterocycles. The van der Waals surface area contributed by atoms with Gasteiger partial charge in [-0.1, -0.05) is 69.2 Å². The van der Waals surface area contributed by atoms with Crippen LogP contribution in [0.4, 0.5) is 0 Å². The molecule has 0 aliphatic heterocycles. The Kier molecular flexibility index (Phi) is 3.77. The molecule has 0 amide bonds. The standard InChI is InChI=1S/C15H30O/c1-12(2,3)11(16)14(7,8)15(9,10)13(4,5)6/h1-10H3. The van der Waals surface area contributed by atoms with Gasteiger partial charge in [0.15, 0.2) is 0 Å². The second kappa shape index (κ2) is 3.85. The lowest BCUT2D eigenvalue weighted by Gasteiger charge is -2.51. The van der Waals surface area contributed by atoms with Gasteiger partial charge in [0.05, 0.1) is 0 Å². The molecule has 96 valence electrons. The van der Waals surface area contributed by atoms with E-state index in [1.54, 1.807) is 0 Å². The Hall–Kier alpha value is -0.330. The SMILES string of the molecule is CC(C)(C)C(=O)C(C)(C)C(C)(C)C(C)(C)C. The predicted octanol–water partition coefficient (Wildman–Crippen LogP) is 4.70. The number of carbonyl (C=O) groups excluding carboxylic acids is 1. The molecule has 0 fully saturated rings. The van der Waals surface area contributed by atoms with Crippen molar-refractivity contribution >= 4 is 5.78 Å². The van der Waals surface area contributed by atoms with Gasteiger partial charge in [0, 0.05) is 10.8 Å². The number of rotatable bonds is 2. The van der Waals surface area contributed by atoms with E-state index in [1.165, 1.54) is 0 Å². The lowest BCUT2D eigenvalue weighted by Crippen LogP contribution is -2.50. The summed E-state index contributed by atoms with van der Waals surface area (Å²) in [5, 5.41) is 0. The largest absolute Gasteiger partial charge is 0.298 e. The molecule has 1 nitrogen and oxygen atoms in total. The van der Waals surface area contributed by atoms with E-state index >= 15 is 0 Å². The maximum atomic E-state index is 12.6. The zero-order valence-corrected chi connectivity index (χ0v) is 12.9. The van der Waals surface area contributed by atoms with Crippen molar-refractivity contribution in [1.29, 1.82) is 0 Å². The first kappa shape index (κ1) is 15.7. The maximum Gasteiger partial charge on any atom is 0.144 e. The number of hydrogen-bond acceptors (Lipinski definition) is 1. The second-order valence-electron chi connectivity index (χ2n) is 8.08. The number of hydrogen-bond donors (Lipinski definition) is 0. The van der Waals surface area contributed by atoms with E-state index in [1.807, 2.05) is 20.8 Å². The fraction of sp³-hybridized carbons (Fsp3) is 0.933. The molecule has 0 aliphatic carbocycles. The molecule has 0 spiro atoms. The molecule has 0 atom stereocenters. The smallest absolute Gasteiger partial charge is 0.144 e. The van der Waals surface area contributed by atoms with E-state index < -0.39 is 0 Å². The summed E-state index contributed by atoms with van der Waals surface area (Å²) in [5.74, 6) is 0.347. The van der Waals surface area contributed by atoms with Crippen molar-refractivity contribution in [3.8, 4) is 0 Å². The van der Waals surface area contributed by atoms with Gasteiger partial charge >= 0.3 is 0 Å². The van der Waals surface area contributed by atoms with Crippen LogP contribution < -0.4 is 0 Å². The van der Waals surface area contributed by atoms with Crippen LogP contribution >= 0.6 is 0 Å². The average Bonchev–Trinajstić information content (AvgIpc) is 1.98. The Bertz CT molecular complexity index is 269. The van der Waals surface area contributed by atoms with Crippen LogP contribution in [0.2, 0.25) is 0 Å². The minimum absolute atomic E-state index is 0.0373. The summed E-state index contributed by atoms with van der Waals surface area (Å²) in [6, 6.07) is 0. The molecule has 0 aliphatic rings. The third-order valence-electron chi connectivity index (χ3n) is 4.69. The fourth-order valence-corrected chi connectivity index (χ4v) is 2.16. The molecule has 16 heavy (non-hydrogen) atoms. The van der Waals surface area contributed by atoms with Crippen molar-refractivity contribution in [2.75, 3.05) is 0 Å². The van der Waals surface area contributed by atoms with Gasteiger partial charge < -0.3 is 0 Å². The summed E-state index contributed by atoms with van der Waals surface area (Å²) in [4.78, 5) is 12.6. The molecule has 0 saturated carbocycles. The van der Waals surface area contributed by atoms with Crippen molar-refractivity contribution in [1.82, 2.24) is 0 Å². The third kappa shape index (κ3) is 2.49. The monoisotopic (exact) mass is 226 g/mol. The van der Waals surface area contributed by atoms with Gasteiger partial charge in [-0.2, -0.15) is 0 Å². The van der Waals surface area contributed by atoms with Crippen molar-refractivity contribution < 1.29 is 4.79 Å². The highest BCUT2D eigenvalue weighted by Crippen LogP contribution is 2.53. The van der Waals surface area contributed by atoms with Crippen molar-refractivity contribution in [2.45, 2.75) is 69.2 Å². The van der Waals surface area contributed by atoms with Crippen LogP contribution in [0.3, 0.4) is 0 Å². The van der Waals surface area contributed by atoms with Crippen LogP contribution in [-0.2, 0) is 4.79 Å². The van der Waals surface area contributed by atoms with E-state index in [4.69, 9.17) is 0 Å². The summed E-state index contributed by atoms with van der Waals surface area (Å²) < 4.78 is 0. The summed E-state index contributed by atoms with van der Waals surface area (Å²) in [6.45, 7) is 21.3. The van der Waals surface area contributed by atoms with Gasteiger partial charge in [-0.15, -0.1) is 0 Å². The first-order valence-corrected chi connectivity index (χ1v) is 6.20. The zero-order valence-electron chi connectivity index (χ0n) is 12.9. The third-order valence-corrected chi connectivity index (χ3v) is 4.69. The maximum absolute atomic E-state index is 12.6. The van der Waals surface area contributed by atoms with E-state index in [2.05, 4.69) is 48.5 Å². The predicted molar refractivity (Wildman–Crippen MR) is 71.5 cm³/mol. The van der Waals surface area contributed by atoms with Gasteiger partial charge in [0.1, 0.15) is 5.78 Å². The molecule has 0 radical (unpaired) electrons. The van der Waals surface area contributed by atoms with Crippen LogP contribution in [0.5, 0.6) is 0 Å². The van der Waals surface area contributed by atoms with Gasteiger partial charge in [0.2, 0.25) is 0 Å². The molecule has 0 aromatic carbocycles. The van der Waals surface area contributed by atoms with Crippen molar-refractivity contribution in [3.05, 3.63) is 0 Å². The normalized spacial score (nSPS) is 15.1. The zero-order chi connectivity index (χ0) is 13.6. The molecule has 0 rings (SSSR count). The summed E-state index contributed by atoms with van der Waals surface area (Å²) >= 11 is 0. The lowest BCUT2D eigenvalue weighted by molar-refractivity contribution is -0.147. The minimum Gasteiger partial charge on any atom is -0.298 e. The first-order valence-electron chi connectivity index (χ1n) is 6.20. The molecule has 1 heteroatoms. The second-order valence-corrected chi connectivity index (χ2v) is 8.08. The van der Waals surface area contributed by atoms with Crippen molar-refractivity contribution in [2.24, 2.45) is 21.7 Å². The highest BCUT2D eigenvalue weighted by Gasteiger charge is 2.51. The summed E-state index contributed by atoms with van der Waals surface area (Å²) in [7, 11) is 0. The first-order chi connectivity index (χ1) is 6.65. The van der Waals surface area contributed by atoms with Crippen LogP contribution in [-0.4, -0.2) is 5.78 Å². The molecule has 0 aromatic rings. The number of Topliss-reactive ketones (excluding diaryl/α,β-unsaturated/α-hetero) is 1.